The van der Waals surface area contributed by atoms with E-state index in [2.05, 4.69) is 4.90 Å². The molecular formula is C27H36ClN5O8S. The van der Waals surface area contributed by atoms with Crippen LogP contribution < -0.4 is 5.73 Å². The molecule has 230 valence electrons. The summed E-state index contributed by atoms with van der Waals surface area (Å²) in [5.41, 5.74) is 5.41. The van der Waals surface area contributed by atoms with Crippen LogP contribution >= 0.6 is 11.6 Å². The first-order valence-corrected chi connectivity index (χ1v) is 15.2. The average Bonchev–Trinajstić information content (AvgIpc) is 3.34. The van der Waals surface area contributed by atoms with Crippen molar-refractivity contribution in [3.8, 4) is 0 Å². The van der Waals surface area contributed by atoms with Gasteiger partial charge in [-0.3, -0.25) is 24.1 Å². The summed E-state index contributed by atoms with van der Waals surface area (Å²) >= 11 is 6.04. The van der Waals surface area contributed by atoms with Gasteiger partial charge in [-0.2, -0.15) is 4.31 Å². The maximum absolute atomic E-state index is 13.7. The number of amides is 3. The number of hydrogen-bond acceptors (Lipinski definition) is 8. The Kier molecular flexibility index (Phi) is 11.7. The van der Waals surface area contributed by atoms with Gasteiger partial charge in [0.25, 0.3) is 6.47 Å². The Morgan fingerprint density at radius 2 is 1.79 bits per heavy atom. The molecule has 3 N–H and O–H groups in total. The van der Waals surface area contributed by atoms with Gasteiger partial charge in [-0.1, -0.05) is 23.7 Å². The molecule has 2 fully saturated rings. The fourth-order valence-electron chi connectivity index (χ4n) is 5.02. The highest BCUT2D eigenvalue weighted by Crippen LogP contribution is 2.29. The molecule has 2 heterocycles. The van der Waals surface area contributed by atoms with Crippen molar-refractivity contribution in [3.63, 3.8) is 0 Å². The van der Waals surface area contributed by atoms with E-state index in [0.717, 1.165) is 22.8 Å². The number of ether oxygens (including phenoxy) is 1. The number of likely N-dealkylation sites (tertiary alicyclic amines) is 1. The van der Waals surface area contributed by atoms with Crippen LogP contribution in [0.25, 0.3) is 10.8 Å². The molecule has 0 saturated carbocycles. The molecule has 2 aromatic rings. The maximum atomic E-state index is 13.7. The van der Waals surface area contributed by atoms with E-state index < -0.39 is 40.5 Å². The van der Waals surface area contributed by atoms with E-state index >= 15 is 0 Å². The molecule has 3 amide bonds. The van der Waals surface area contributed by atoms with Gasteiger partial charge in [-0.25, -0.2) is 8.42 Å². The molecule has 0 aliphatic carbocycles. The first-order valence-electron chi connectivity index (χ1n) is 13.3. The highest BCUT2D eigenvalue weighted by Gasteiger charge is 2.45. The Morgan fingerprint density at radius 1 is 1.17 bits per heavy atom. The van der Waals surface area contributed by atoms with E-state index in [-0.39, 0.29) is 30.2 Å². The van der Waals surface area contributed by atoms with Gasteiger partial charge < -0.3 is 25.4 Å². The number of halogens is 1. The Labute approximate surface area is 249 Å². The second kappa shape index (κ2) is 14.7. The summed E-state index contributed by atoms with van der Waals surface area (Å²) in [4.78, 5) is 52.0. The minimum absolute atomic E-state index is 0.0724. The smallest absolute Gasteiger partial charge is 0.290 e. The minimum atomic E-state index is -4.28. The third-order valence-corrected chi connectivity index (χ3v) is 9.39. The van der Waals surface area contributed by atoms with E-state index in [1.54, 1.807) is 43.1 Å². The number of morpholine rings is 1. The second-order valence-corrected chi connectivity index (χ2v) is 12.3. The summed E-state index contributed by atoms with van der Waals surface area (Å²) < 4.78 is 33.6. The molecule has 42 heavy (non-hydrogen) atoms. The van der Waals surface area contributed by atoms with Gasteiger partial charge in [-0.15, -0.1) is 0 Å². The molecule has 0 radical (unpaired) electrons. The van der Waals surface area contributed by atoms with Crippen molar-refractivity contribution in [1.82, 2.24) is 19.0 Å². The summed E-state index contributed by atoms with van der Waals surface area (Å²) in [5.74, 6) is -1.66. The monoisotopic (exact) mass is 625 g/mol. The molecule has 2 aromatic carbocycles. The summed E-state index contributed by atoms with van der Waals surface area (Å²) in [6, 6.07) is 7.61. The molecule has 15 heteroatoms. The Bertz CT molecular complexity index is 1400. The molecule has 2 saturated heterocycles. The number of hydrogen-bond donors (Lipinski definition) is 2. The van der Waals surface area contributed by atoms with Crippen LogP contribution in [0.5, 0.6) is 0 Å². The first-order chi connectivity index (χ1) is 19.9. The summed E-state index contributed by atoms with van der Waals surface area (Å²) in [7, 11) is -2.59. The van der Waals surface area contributed by atoms with Crippen molar-refractivity contribution in [1.29, 1.82) is 0 Å². The van der Waals surface area contributed by atoms with Crippen LogP contribution in [0.1, 0.15) is 13.3 Å². The van der Waals surface area contributed by atoms with Crippen molar-refractivity contribution in [2.75, 3.05) is 59.5 Å². The molecular weight excluding hydrogens is 590 g/mol. The van der Waals surface area contributed by atoms with Crippen LogP contribution in [0.15, 0.2) is 41.3 Å². The highest BCUT2D eigenvalue weighted by atomic mass is 35.5. The van der Waals surface area contributed by atoms with Gasteiger partial charge in [0, 0.05) is 44.8 Å². The number of primary amides is 1. The van der Waals surface area contributed by atoms with Crippen molar-refractivity contribution in [3.05, 3.63) is 41.4 Å². The Morgan fingerprint density at radius 3 is 2.43 bits per heavy atom. The van der Waals surface area contributed by atoms with Crippen LogP contribution in [-0.4, -0.2) is 128 Å². The van der Waals surface area contributed by atoms with Crippen molar-refractivity contribution < 1.29 is 37.4 Å². The largest absolute Gasteiger partial charge is 0.483 e. The number of sulfonamides is 1. The fourth-order valence-corrected chi connectivity index (χ4v) is 6.82. The van der Waals surface area contributed by atoms with Crippen LogP contribution in [0.2, 0.25) is 5.02 Å². The van der Waals surface area contributed by atoms with Gasteiger partial charge >= 0.3 is 0 Å². The number of rotatable bonds is 10. The molecule has 0 spiro atoms. The van der Waals surface area contributed by atoms with Crippen molar-refractivity contribution in [2.24, 2.45) is 5.73 Å². The number of carbonyl (C=O) groups is 4. The number of benzene rings is 2. The molecule has 4 rings (SSSR count). The predicted octanol–water partition coefficient (Wildman–Crippen LogP) is 0.450. The molecule has 2 atom stereocenters. The molecule has 13 nitrogen and oxygen atoms in total. The molecule has 2 aliphatic heterocycles. The Hall–Kier alpha value is -3.30. The lowest BCUT2D eigenvalue weighted by Gasteiger charge is -2.32. The summed E-state index contributed by atoms with van der Waals surface area (Å²) in [5, 5.41) is 8.79. The van der Waals surface area contributed by atoms with E-state index in [1.165, 1.54) is 17.0 Å². The average molecular weight is 626 g/mol. The highest BCUT2D eigenvalue weighted by molar-refractivity contribution is 7.89. The van der Waals surface area contributed by atoms with Crippen LogP contribution in [-0.2, 0) is 33.9 Å². The Balaban J connectivity index is 0.00000155. The normalized spacial score (nSPS) is 18.4. The number of carbonyl (C=O) groups excluding carboxylic acids is 3. The van der Waals surface area contributed by atoms with E-state index in [1.807, 2.05) is 0 Å². The van der Waals surface area contributed by atoms with Crippen molar-refractivity contribution in [2.45, 2.75) is 30.3 Å². The molecule has 0 unspecified atom stereocenters. The topological polar surface area (TPSA) is 171 Å². The van der Waals surface area contributed by atoms with Gasteiger partial charge in [0.1, 0.15) is 12.1 Å². The maximum Gasteiger partial charge on any atom is 0.290 e. The van der Waals surface area contributed by atoms with E-state index in [4.69, 9.17) is 32.0 Å². The van der Waals surface area contributed by atoms with Crippen LogP contribution in [0.3, 0.4) is 0 Å². The van der Waals surface area contributed by atoms with Gasteiger partial charge in [0.15, 0.2) is 0 Å². The number of carboxylic acid groups (broad SMARTS) is 1. The van der Waals surface area contributed by atoms with E-state index in [9.17, 15) is 22.8 Å². The van der Waals surface area contributed by atoms with Crippen molar-refractivity contribution >= 4 is 56.6 Å². The quantitative estimate of drug-likeness (QED) is 0.356. The standard InChI is InChI=1S/C26H34ClN5O6S.CH2O2/c1-18(25(34)29(2)9-10-30-11-13-38-14-12-30)31-8-7-23(26(31)35)32(17-24(28)33)39(36,37)22-6-4-19-15-21(27)5-3-20(19)16-22;2-1-3/h3-6,15-16,18,23H,7-14,17H2,1-2H3,(H2,28,33);1H,(H,2,3)/t18-,23-;/m0./s1. The lowest BCUT2D eigenvalue weighted by atomic mass is 10.1. The lowest BCUT2D eigenvalue weighted by molar-refractivity contribution is -0.143. The zero-order valence-electron chi connectivity index (χ0n) is 23.5. The number of likely N-dealkylation sites (N-methyl/N-ethyl adjacent to an activating group) is 1. The third kappa shape index (κ3) is 7.95. The number of fused-ring (bicyclic) bond motifs is 1. The first kappa shape index (κ1) is 33.2. The fraction of sp³-hybridized carbons (Fsp3) is 0.481. The lowest BCUT2D eigenvalue weighted by Crippen LogP contribution is -2.52. The molecule has 2 aliphatic rings. The van der Waals surface area contributed by atoms with Crippen LogP contribution in [0, 0.1) is 0 Å². The summed E-state index contributed by atoms with van der Waals surface area (Å²) in [6.07, 6.45) is 0.129. The summed E-state index contributed by atoms with van der Waals surface area (Å²) in [6.45, 7) is 5.02. The van der Waals surface area contributed by atoms with E-state index in [0.29, 0.717) is 36.7 Å². The number of nitrogens with two attached hydrogens (primary N) is 1. The third-order valence-electron chi connectivity index (χ3n) is 7.31. The van der Waals surface area contributed by atoms with Gasteiger partial charge in [-0.05, 0) is 48.4 Å². The number of nitrogens with zero attached hydrogens (tertiary/aromatic N) is 4. The SMILES string of the molecule is C[C@@H](C(=O)N(C)CCN1CCOCC1)N1CC[C@H](N(CC(N)=O)S(=O)(=O)c2ccc3cc(Cl)ccc3c2)C1=O.O=CO. The zero-order chi connectivity index (χ0) is 31.0. The van der Waals surface area contributed by atoms with Gasteiger partial charge in [0.2, 0.25) is 27.7 Å². The van der Waals surface area contributed by atoms with Gasteiger partial charge in [0.05, 0.1) is 24.7 Å². The molecule has 0 aromatic heterocycles. The minimum Gasteiger partial charge on any atom is -0.483 e. The predicted molar refractivity (Wildman–Crippen MR) is 155 cm³/mol. The van der Waals surface area contributed by atoms with Crippen LogP contribution in [0.4, 0.5) is 0 Å². The molecule has 0 bridgehead atoms. The zero-order valence-corrected chi connectivity index (χ0v) is 25.1. The second-order valence-electron chi connectivity index (χ2n) is 10.0.